The number of rotatable bonds is 10. The van der Waals surface area contributed by atoms with Gasteiger partial charge in [-0.1, -0.05) is 6.92 Å². The van der Waals surface area contributed by atoms with Crippen molar-refractivity contribution in [3.05, 3.63) is 18.2 Å². The van der Waals surface area contributed by atoms with Crippen molar-refractivity contribution in [3.63, 3.8) is 0 Å². The average molecular weight is 395 g/mol. The smallest absolute Gasteiger partial charge is 0.321 e. The van der Waals surface area contributed by atoms with Gasteiger partial charge in [-0.2, -0.15) is 4.72 Å². The van der Waals surface area contributed by atoms with Crippen LogP contribution >= 0.6 is 0 Å². The minimum atomic E-state index is -4.20. The summed E-state index contributed by atoms with van der Waals surface area (Å²) < 4.78 is 59.8. The summed E-state index contributed by atoms with van der Waals surface area (Å²) in [5.74, 6) is -1.58. The van der Waals surface area contributed by atoms with Crippen LogP contribution < -0.4 is 14.2 Å². The summed E-state index contributed by atoms with van der Waals surface area (Å²) in [6.07, 6.45) is -0.377. The van der Waals surface area contributed by atoms with E-state index in [0.29, 0.717) is 5.75 Å². The van der Waals surface area contributed by atoms with Gasteiger partial charge in [0.2, 0.25) is 10.0 Å². The molecule has 0 bridgehead atoms. The highest BCUT2D eigenvalue weighted by Gasteiger charge is 2.27. The molecular formula is C14H21NO8S2. The second kappa shape index (κ2) is 8.50. The van der Waals surface area contributed by atoms with Crippen molar-refractivity contribution in [3.8, 4) is 11.5 Å². The van der Waals surface area contributed by atoms with Gasteiger partial charge in [-0.15, -0.1) is 0 Å². The summed E-state index contributed by atoms with van der Waals surface area (Å²) in [5, 5.41) is 9.17. The molecule has 0 aliphatic rings. The predicted octanol–water partition coefficient (Wildman–Crippen LogP) is 0.260. The molecule has 1 aromatic rings. The van der Waals surface area contributed by atoms with Gasteiger partial charge in [0.05, 0.1) is 24.9 Å². The molecule has 25 heavy (non-hydrogen) atoms. The number of carboxylic acid groups (broad SMARTS) is 1. The number of methoxy groups -OCH3 is 2. The summed E-state index contributed by atoms with van der Waals surface area (Å²) in [7, 11) is -4.90. The third-order valence-corrected chi connectivity index (χ3v) is 6.62. The van der Waals surface area contributed by atoms with E-state index >= 15 is 0 Å². The minimum absolute atomic E-state index is 0.151. The van der Waals surface area contributed by atoms with Gasteiger partial charge in [0.1, 0.15) is 15.9 Å². The van der Waals surface area contributed by atoms with Crippen molar-refractivity contribution in [1.82, 2.24) is 4.72 Å². The number of benzene rings is 1. The lowest BCUT2D eigenvalue weighted by Gasteiger charge is -2.16. The van der Waals surface area contributed by atoms with Gasteiger partial charge < -0.3 is 14.6 Å². The second-order valence-electron chi connectivity index (χ2n) is 5.05. The standard InChI is InChI=1S/C14H21NO8S2/c1-4-24(18,19)8-7-11(14(16)17)15-25(20,21)10-5-6-12(22-2)13(9-10)23-3/h5-6,9,11,15H,4,7-8H2,1-3H3,(H,16,17). The van der Waals surface area contributed by atoms with Crippen LogP contribution in [0.2, 0.25) is 0 Å². The van der Waals surface area contributed by atoms with Crippen LogP contribution in [-0.4, -0.2) is 59.7 Å². The molecule has 0 aliphatic carbocycles. The molecule has 0 spiro atoms. The summed E-state index contributed by atoms with van der Waals surface area (Å²) in [6, 6.07) is 2.21. The van der Waals surface area contributed by atoms with E-state index in [-0.39, 0.29) is 22.8 Å². The van der Waals surface area contributed by atoms with Crippen molar-refractivity contribution in [2.24, 2.45) is 0 Å². The predicted molar refractivity (Wildman–Crippen MR) is 90.2 cm³/mol. The molecule has 0 saturated carbocycles. The Morgan fingerprint density at radius 2 is 1.76 bits per heavy atom. The Hall–Kier alpha value is -1.85. The van der Waals surface area contributed by atoms with Crippen molar-refractivity contribution < 1.29 is 36.2 Å². The summed E-state index contributed by atoms with van der Waals surface area (Å²) in [6.45, 7) is 1.43. The topological polar surface area (TPSA) is 136 Å². The number of hydrogen-bond donors (Lipinski definition) is 2. The summed E-state index contributed by atoms with van der Waals surface area (Å²) in [4.78, 5) is 11.0. The van der Waals surface area contributed by atoms with Crippen molar-refractivity contribution >= 4 is 25.8 Å². The van der Waals surface area contributed by atoms with Crippen molar-refractivity contribution in [1.29, 1.82) is 0 Å². The molecule has 0 heterocycles. The van der Waals surface area contributed by atoms with E-state index in [2.05, 4.69) is 0 Å². The molecule has 2 N–H and O–H groups in total. The number of hydrogen-bond acceptors (Lipinski definition) is 7. The van der Waals surface area contributed by atoms with Crippen LogP contribution in [0.15, 0.2) is 23.1 Å². The van der Waals surface area contributed by atoms with Gasteiger partial charge in [-0.3, -0.25) is 4.79 Å². The highest BCUT2D eigenvalue weighted by Crippen LogP contribution is 2.29. The Kier molecular flexibility index (Phi) is 7.20. The van der Waals surface area contributed by atoms with E-state index in [1.165, 1.54) is 39.3 Å². The van der Waals surface area contributed by atoms with E-state index in [9.17, 15) is 21.6 Å². The molecule has 1 rings (SSSR count). The third-order valence-electron chi connectivity index (χ3n) is 3.42. The Balaban J connectivity index is 3.05. The summed E-state index contributed by atoms with van der Waals surface area (Å²) in [5.41, 5.74) is 0. The second-order valence-corrected chi connectivity index (χ2v) is 9.24. The minimum Gasteiger partial charge on any atom is -0.493 e. The lowest BCUT2D eigenvalue weighted by molar-refractivity contribution is -0.139. The molecule has 0 saturated heterocycles. The zero-order valence-electron chi connectivity index (χ0n) is 14.1. The average Bonchev–Trinajstić information content (AvgIpc) is 2.57. The molecule has 0 radical (unpaired) electrons. The first-order valence-corrected chi connectivity index (χ1v) is 10.5. The Morgan fingerprint density at radius 1 is 1.16 bits per heavy atom. The monoisotopic (exact) mass is 395 g/mol. The largest absolute Gasteiger partial charge is 0.493 e. The highest BCUT2D eigenvalue weighted by molar-refractivity contribution is 7.91. The lowest BCUT2D eigenvalue weighted by atomic mass is 10.2. The number of carbonyl (C=O) groups is 1. The fraction of sp³-hybridized carbons (Fsp3) is 0.500. The molecule has 0 aliphatic heterocycles. The van der Waals surface area contributed by atoms with Gasteiger partial charge in [0.15, 0.2) is 11.5 Å². The fourth-order valence-corrected chi connectivity index (χ4v) is 4.04. The Labute approximate surface area is 146 Å². The first kappa shape index (κ1) is 21.2. The van der Waals surface area contributed by atoms with Crippen molar-refractivity contribution in [2.75, 3.05) is 25.7 Å². The molecule has 0 fully saturated rings. The molecule has 0 amide bonds. The number of nitrogens with one attached hydrogen (secondary N) is 1. The maximum absolute atomic E-state index is 12.4. The summed E-state index contributed by atoms with van der Waals surface area (Å²) >= 11 is 0. The molecule has 1 unspecified atom stereocenters. The van der Waals surface area contributed by atoms with Crippen LogP contribution in [-0.2, 0) is 24.7 Å². The van der Waals surface area contributed by atoms with Crippen molar-refractivity contribution in [2.45, 2.75) is 24.3 Å². The van der Waals surface area contributed by atoms with Gasteiger partial charge >= 0.3 is 5.97 Å². The van der Waals surface area contributed by atoms with Crippen LogP contribution in [0, 0.1) is 0 Å². The van der Waals surface area contributed by atoms with E-state index in [4.69, 9.17) is 14.6 Å². The van der Waals surface area contributed by atoms with Crippen LogP contribution in [0.3, 0.4) is 0 Å². The van der Waals surface area contributed by atoms with Crippen LogP contribution in [0.1, 0.15) is 13.3 Å². The number of sulfone groups is 1. The molecule has 1 atom stereocenters. The molecule has 0 aromatic heterocycles. The maximum Gasteiger partial charge on any atom is 0.321 e. The van der Waals surface area contributed by atoms with E-state index in [1.54, 1.807) is 0 Å². The SMILES string of the molecule is CCS(=O)(=O)CCC(NS(=O)(=O)c1ccc(OC)c(OC)c1)C(=O)O. The fourth-order valence-electron chi connectivity index (χ4n) is 1.91. The highest BCUT2D eigenvalue weighted by atomic mass is 32.2. The molecule has 1 aromatic carbocycles. The van der Waals surface area contributed by atoms with Crippen LogP contribution in [0.25, 0.3) is 0 Å². The normalized spacial score (nSPS) is 13.2. The molecule has 11 heteroatoms. The molecule has 9 nitrogen and oxygen atoms in total. The quantitative estimate of drug-likeness (QED) is 0.576. The third kappa shape index (κ3) is 5.87. The van der Waals surface area contributed by atoms with Gasteiger partial charge in [-0.25, -0.2) is 16.8 Å². The Morgan fingerprint density at radius 3 is 2.24 bits per heavy atom. The maximum atomic E-state index is 12.4. The van der Waals surface area contributed by atoms with Crippen LogP contribution in [0.5, 0.6) is 11.5 Å². The van der Waals surface area contributed by atoms with Gasteiger partial charge in [0, 0.05) is 11.8 Å². The zero-order chi connectivity index (χ0) is 19.3. The first-order chi connectivity index (χ1) is 11.6. The number of carboxylic acids is 1. The molecular weight excluding hydrogens is 374 g/mol. The van der Waals surface area contributed by atoms with Crippen LogP contribution in [0.4, 0.5) is 0 Å². The molecule has 142 valence electrons. The number of ether oxygens (including phenoxy) is 2. The first-order valence-electron chi connectivity index (χ1n) is 7.24. The lowest BCUT2D eigenvalue weighted by Crippen LogP contribution is -2.41. The van der Waals surface area contributed by atoms with Gasteiger partial charge in [0.25, 0.3) is 0 Å². The van der Waals surface area contributed by atoms with E-state index in [0.717, 1.165) is 0 Å². The number of aliphatic carboxylic acids is 1. The van der Waals surface area contributed by atoms with E-state index < -0.39 is 37.6 Å². The zero-order valence-corrected chi connectivity index (χ0v) is 15.7. The van der Waals surface area contributed by atoms with E-state index in [1.807, 2.05) is 4.72 Å². The van der Waals surface area contributed by atoms with Gasteiger partial charge in [-0.05, 0) is 18.6 Å². The number of sulfonamides is 1. The Bertz CT molecular complexity index is 817.